The Labute approximate surface area is 99.9 Å². The van der Waals surface area contributed by atoms with Crippen molar-refractivity contribution in [2.75, 3.05) is 13.7 Å². The number of methoxy groups -OCH3 is 1. The molecule has 1 heterocycles. The lowest BCUT2D eigenvalue weighted by Crippen LogP contribution is -2.18. The zero-order valence-electron chi connectivity index (χ0n) is 9.63. The molecule has 17 heavy (non-hydrogen) atoms. The topological polar surface area (TPSA) is 57.6 Å². The normalized spacial score (nSPS) is 12.1. The van der Waals surface area contributed by atoms with Crippen LogP contribution < -0.4 is 15.2 Å². The molecule has 2 aromatic rings. The number of ether oxygens (including phenoxy) is 2. The minimum absolute atomic E-state index is 0.282. The highest BCUT2D eigenvalue weighted by molar-refractivity contribution is 5.39. The third kappa shape index (κ3) is 2.79. The standard InChI is InChI=1S/C13H15NO3/c1-15-12-5-2-3-6-13(12)17-9-10(14)11-7-4-8-16-11/h2-8,10H,9,14H2,1H3. The van der Waals surface area contributed by atoms with E-state index in [1.165, 1.54) is 0 Å². The van der Waals surface area contributed by atoms with Gasteiger partial charge in [-0.2, -0.15) is 0 Å². The summed E-state index contributed by atoms with van der Waals surface area (Å²) in [5.41, 5.74) is 5.92. The van der Waals surface area contributed by atoms with E-state index < -0.39 is 0 Å². The Morgan fingerprint density at radius 1 is 1.18 bits per heavy atom. The highest BCUT2D eigenvalue weighted by atomic mass is 16.5. The Balaban J connectivity index is 1.98. The molecule has 90 valence electrons. The first-order valence-electron chi connectivity index (χ1n) is 5.36. The van der Waals surface area contributed by atoms with Crippen LogP contribution in [-0.2, 0) is 0 Å². The summed E-state index contributed by atoms with van der Waals surface area (Å²) >= 11 is 0. The Hall–Kier alpha value is -1.94. The van der Waals surface area contributed by atoms with E-state index in [1.54, 1.807) is 19.4 Å². The molecule has 0 saturated heterocycles. The molecule has 0 saturated carbocycles. The van der Waals surface area contributed by atoms with Crippen molar-refractivity contribution in [2.24, 2.45) is 5.73 Å². The van der Waals surface area contributed by atoms with Crippen LogP contribution in [0.2, 0.25) is 0 Å². The molecular formula is C13H15NO3. The van der Waals surface area contributed by atoms with Gasteiger partial charge in [-0.15, -0.1) is 0 Å². The number of nitrogens with two attached hydrogens (primary N) is 1. The summed E-state index contributed by atoms with van der Waals surface area (Å²) in [6, 6.07) is 10.8. The van der Waals surface area contributed by atoms with Crippen LogP contribution in [0.15, 0.2) is 47.1 Å². The summed E-state index contributed by atoms with van der Waals surface area (Å²) in [5.74, 6) is 2.08. The summed E-state index contributed by atoms with van der Waals surface area (Å²) < 4.78 is 16.0. The van der Waals surface area contributed by atoms with Gasteiger partial charge in [0.05, 0.1) is 19.4 Å². The van der Waals surface area contributed by atoms with Gasteiger partial charge < -0.3 is 19.6 Å². The fourth-order valence-electron chi connectivity index (χ4n) is 1.50. The number of benzene rings is 1. The molecule has 0 radical (unpaired) electrons. The van der Waals surface area contributed by atoms with E-state index in [2.05, 4.69) is 0 Å². The second-order valence-corrected chi connectivity index (χ2v) is 3.58. The lowest BCUT2D eigenvalue weighted by molar-refractivity contribution is 0.259. The fraction of sp³-hybridized carbons (Fsp3) is 0.231. The zero-order valence-corrected chi connectivity index (χ0v) is 9.63. The number of furan rings is 1. The molecule has 2 N–H and O–H groups in total. The molecule has 4 nitrogen and oxygen atoms in total. The fourth-order valence-corrected chi connectivity index (χ4v) is 1.50. The quantitative estimate of drug-likeness (QED) is 0.861. The highest BCUT2D eigenvalue weighted by Gasteiger charge is 2.11. The average molecular weight is 233 g/mol. The molecular weight excluding hydrogens is 218 g/mol. The first-order valence-corrected chi connectivity index (χ1v) is 5.36. The van der Waals surface area contributed by atoms with Crippen LogP contribution >= 0.6 is 0 Å². The predicted octanol–water partition coefficient (Wildman–Crippen LogP) is 2.37. The summed E-state index contributed by atoms with van der Waals surface area (Å²) in [7, 11) is 1.61. The maximum Gasteiger partial charge on any atom is 0.161 e. The van der Waals surface area contributed by atoms with E-state index in [-0.39, 0.29) is 6.04 Å². The first-order chi connectivity index (χ1) is 8.31. The zero-order chi connectivity index (χ0) is 12.1. The Morgan fingerprint density at radius 2 is 1.94 bits per heavy atom. The van der Waals surface area contributed by atoms with Crippen molar-refractivity contribution in [1.29, 1.82) is 0 Å². The molecule has 1 atom stereocenters. The number of rotatable bonds is 5. The van der Waals surface area contributed by atoms with Crippen LogP contribution in [0.4, 0.5) is 0 Å². The van der Waals surface area contributed by atoms with Gasteiger partial charge in [0.2, 0.25) is 0 Å². The number of hydrogen-bond acceptors (Lipinski definition) is 4. The van der Waals surface area contributed by atoms with Gasteiger partial charge in [-0.1, -0.05) is 12.1 Å². The summed E-state index contributed by atoms with van der Waals surface area (Å²) in [5, 5.41) is 0. The summed E-state index contributed by atoms with van der Waals surface area (Å²) in [4.78, 5) is 0. The molecule has 2 rings (SSSR count). The molecule has 1 aromatic heterocycles. The van der Waals surface area contributed by atoms with Crippen LogP contribution in [0, 0.1) is 0 Å². The van der Waals surface area contributed by atoms with Crippen molar-refractivity contribution in [1.82, 2.24) is 0 Å². The van der Waals surface area contributed by atoms with E-state index in [0.717, 1.165) is 0 Å². The Kier molecular flexibility index (Phi) is 3.67. The predicted molar refractivity (Wildman–Crippen MR) is 64.1 cm³/mol. The van der Waals surface area contributed by atoms with Gasteiger partial charge in [-0.25, -0.2) is 0 Å². The minimum atomic E-state index is -0.282. The van der Waals surface area contributed by atoms with Gasteiger partial charge >= 0.3 is 0 Å². The van der Waals surface area contributed by atoms with Gasteiger partial charge in [-0.05, 0) is 24.3 Å². The number of hydrogen-bond donors (Lipinski definition) is 1. The van der Waals surface area contributed by atoms with E-state index in [9.17, 15) is 0 Å². The molecule has 0 aliphatic rings. The molecule has 4 heteroatoms. The highest BCUT2D eigenvalue weighted by Crippen LogP contribution is 2.26. The summed E-state index contributed by atoms with van der Waals surface area (Å²) in [6.45, 7) is 0.341. The van der Waals surface area contributed by atoms with E-state index in [0.29, 0.717) is 23.9 Å². The smallest absolute Gasteiger partial charge is 0.161 e. The van der Waals surface area contributed by atoms with Crippen molar-refractivity contribution >= 4 is 0 Å². The van der Waals surface area contributed by atoms with Crippen molar-refractivity contribution in [3.63, 3.8) is 0 Å². The lowest BCUT2D eigenvalue weighted by atomic mass is 10.2. The van der Waals surface area contributed by atoms with Crippen LogP contribution in [-0.4, -0.2) is 13.7 Å². The Bertz CT molecular complexity index is 453. The second kappa shape index (κ2) is 5.41. The summed E-state index contributed by atoms with van der Waals surface area (Å²) in [6.07, 6.45) is 1.60. The SMILES string of the molecule is COc1ccccc1OCC(N)c1ccco1. The third-order valence-corrected chi connectivity index (χ3v) is 2.40. The van der Waals surface area contributed by atoms with Crippen molar-refractivity contribution in [3.05, 3.63) is 48.4 Å². The molecule has 0 bridgehead atoms. The monoisotopic (exact) mass is 233 g/mol. The van der Waals surface area contributed by atoms with Crippen LogP contribution in [0.1, 0.15) is 11.8 Å². The maximum atomic E-state index is 5.92. The maximum absolute atomic E-state index is 5.92. The third-order valence-electron chi connectivity index (χ3n) is 2.40. The molecule has 1 unspecified atom stereocenters. The van der Waals surface area contributed by atoms with Crippen LogP contribution in [0.25, 0.3) is 0 Å². The molecule has 1 aromatic carbocycles. The van der Waals surface area contributed by atoms with Gasteiger partial charge in [0, 0.05) is 0 Å². The van der Waals surface area contributed by atoms with Crippen molar-refractivity contribution in [2.45, 2.75) is 6.04 Å². The minimum Gasteiger partial charge on any atom is -0.493 e. The second-order valence-electron chi connectivity index (χ2n) is 3.58. The molecule has 0 fully saturated rings. The van der Waals surface area contributed by atoms with Gasteiger partial charge in [0.25, 0.3) is 0 Å². The first kappa shape index (κ1) is 11.5. The lowest BCUT2D eigenvalue weighted by Gasteiger charge is -2.13. The molecule has 0 aliphatic carbocycles. The van der Waals surface area contributed by atoms with Gasteiger partial charge in [-0.3, -0.25) is 0 Å². The van der Waals surface area contributed by atoms with Gasteiger partial charge in [0.15, 0.2) is 11.5 Å². The Morgan fingerprint density at radius 3 is 2.59 bits per heavy atom. The van der Waals surface area contributed by atoms with E-state index >= 15 is 0 Å². The molecule has 0 amide bonds. The van der Waals surface area contributed by atoms with E-state index in [4.69, 9.17) is 19.6 Å². The van der Waals surface area contributed by atoms with Crippen LogP contribution in [0.3, 0.4) is 0 Å². The van der Waals surface area contributed by atoms with Crippen LogP contribution in [0.5, 0.6) is 11.5 Å². The molecule has 0 aliphatic heterocycles. The van der Waals surface area contributed by atoms with Gasteiger partial charge in [0.1, 0.15) is 12.4 Å². The largest absolute Gasteiger partial charge is 0.493 e. The van der Waals surface area contributed by atoms with E-state index in [1.807, 2.05) is 30.3 Å². The molecule has 0 spiro atoms. The van der Waals surface area contributed by atoms with Crippen molar-refractivity contribution < 1.29 is 13.9 Å². The number of para-hydroxylation sites is 2. The average Bonchev–Trinajstić information content (AvgIpc) is 2.90. The van der Waals surface area contributed by atoms with Crippen molar-refractivity contribution in [3.8, 4) is 11.5 Å².